The third-order valence-electron chi connectivity index (χ3n) is 18.5. The fraction of sp³-hybridized carbons (Fsp3) is 0.118. The number of para-hydroxylation sites is 3. The van der Waals surface area contributed by atoms with E-state index in [1.165, 1.54) is 72.7 Å². The molecule has 0 saturated carbocycles. The summed E-state index contributed by atoms with van der Waals surface area (Å²) in [6, 6.07) is 96.8. The fourth-order valence-corrected chi connectivity index (χ4v) is 13.3. The molecule has 0 fully saturated rings. The number of hydrogen-bond donors (Lipinski definition) is 0. The number of hydrogen-bond acceptors (Lipinski definition) is 4. The maximum absolute atomic E-state index is 2.48. The van der Waals surface area contributed by atoms with Gasteiger partial charge >= 0.3 is 0 Å². The van der Waals surface area contributed by atoms with Crippen LogP contribution in [-0.2, 0) is 6.42 Å². The van der Waals surface area contributed by atoms with Crippen LogP contribution in [0.4, 0.5) is 45.5 Å². The normalized spacial score (nSPS) is 15.7. The average molecular weight is 1260 g/mol. The molecule has 10 aromatic rings. The zero-order valence-corrected chi connectivity index (χ0v) is 56.1. The molecule has 2 atom stereocenters. The van der Waals surface area contributed by atoms with Crippen molar-refractivity contribution < 1.29 is 0 Å². The molecule has 0 heterocycles. The van der Waals surface area contributed by atoms with Gasteiger partial charge in [0.05, 0.1) is 6.04 Å². The predicted octanol–water partition coefficient (Wildman–Crippen LogP) is 25.5. The maximum atomic E-state index is 2.48. The van der Waals surface area contributed by atoms with Gasteiger partial charge in [-0.25, -0.2) is 0 Å². The maximum Gasteiger partial charge on any atom is 0.0560 e. The molecule has 0 amide bonds. The van der Waals surface area contributed by atoms with E-state index in [-0.39, 0.29) is 6.04 Å². The van der Waals surface area contributed by atoms with Crippen LogP contribution in [-0.4, -0.2) is 6.04 Å². The predicted molar refractivity (Wildman–Crippen MR) is 416 cm³/mol. The number of nitrogens with zero attached hydrogens (tertiary/aromatic N) is 4. The Labute approximate surface area is 575 Å². The number of anilines is 8. The van der Waals surface area contributed by atoms with E-state index in [1.54, 1.807) is 0 Å². The highest BCUT2D eigenvalue weighted by Gasteiger charge is 2.23. The lowest BCUT2D eigenvalue weighted by atomic mass is 9.89. The first-order valence-corrected chi connectivity index (χ1v) is 34.3. The lowest BCUT2D eigenvalue weighted by molar-refractivity contribution is 0.728. The van der Waals surface area contributed by atoms with Crippen molar-refractivity contribution in [2.45, 2.75) is 65.8 Å². The molecule has 97 heavy (non-hydrogen) atoms. The van der Waals surface area contributed by atoms with Crippen LogP contribution in [0.5, 0.6) is 0 Å². The molecule has 0 spiro atoms. The third-order valence-corrected chi connectivity index (χ3v) is 18.5. The Kier molecular flexibility index (Phi) is 20.7. The minimum Gasteiger partial charge on any atom is -0.335 e. The van der Waals surface area contributed by atoms with E-state index in [0.29, 0.717) is 5.92 Å². The average Bonchev–Trinajstić information content (AvgIpc) is 0.859. The van der Waals surface area contributed by atoms with Crippen molar-refractivity contribution in [1.29, 1.82) is 0 Å². The summed E-state index contributed by atoms with van der Waals surface area (Å²) in [6.07, 6.45) is 41.3. The second-order valence-electron chi connectivity index (χ2n) is 25.1. The highest BCUT2D eigenvalue weighted by atomic mass is 15.2. The third kappa shape index (κ3) is 15.5. The van der Waals surface area contributed by atoms with Crippen molar-refractivity contribution in [1.82, 2.24) is 0 Å². The van der Waals surface area contributed by atoms with Gasteiger partial charge in [0.2, 0.25) is 0 Å². The SMILES string of the molecule is C\C=C/C(=C\C=C(/C)c1ccc(N(c2ccccc2)c2ccc(-c3ccc(-c4ccc(N(c5ccccc5)c5ccc(C/C=C\C(=C/C)N(c6ccccc6)C6C=CC(C7=CC(C)CC=C7)=CC6)cc5)cc4)cc3)cc2)cc1)N(C1=CC=CCC1)c1ccc(-c2ccccc2)cc1. The summed E-state index contributed by atoms with van der Waals surface area (Å²) in [7, 11) is 0. The monoisotopic (exact) mass is 1260 g/mol. The minimum absolute atomic E-state index is 0.209. The molecular formula is C93H84N4. The van der Waals surface area contributed by atoms with E-state index in [9.17, 15) is 0 Å². The molecule has 3 aliphatic carbocycles. The molecular weight excluding hydrogens is 1170 g/mol. The van der Waals surface area contributed by atoms with Crippen molar-refractivity contribution in [3.8, 4) is 33.4 Å². The number of allylic oxidation sites excluding steroid dienone is 18. The lowest BCUT2D eigenvalue weighted by Gasteiger charge is -2.34. The van der Waals surface area contributed by atoms with E-state index < -0.39 is 0 Å². The molecule has 4 heteroatoms. The van der Waals surface area contributed by atoms with Gasteiger partial charge in [-0.05, 0) is 241 Å². The minimum atomic E-state index is 0.209. The van der Waals surface area contributed by atoms with E-state index in [4.69, 9.17) is 0 Å². The highest BCUT2D eigenvalue weighted by molar-refractivity contribution is 5.82. The summed E-state index contributed by atoms with van der Waals surface area (Å²) < 4.78 is 0. The molecule has 0 radical (unpaired) electrons. The highest BCUT2D eigenvalue weighted by Crippen LogP contribution is 2.40. The van der Waals surface area contributed by atoms with Crippen molar-refractivity contribution in [2.24, 2.45) is 5.92 Å². The molecule has 4 nitrogen and oxygen atoms in total. The summed E-state index contributed by atoms with van der Waals surface area (Å²) >= 11 is 0. The fourth-order valence-electron chi connectivity index (χ4n) is 13.3. The molecule has 0 aliphatic heterocycles. The second-order valence-corrected chi connectivity index (χ2v) is 25.1. The van der Waals surface area contributed by atoms with Crippen molar-refractivity contribution in [3.63, 3.8) is 0 Å². The van der Waals surface area contributed by atoms with Crippen molar-refractivity contribution >= 4 is 51.1 Å². The van der Waals surface area contributed by atoms with Crippen LogP contribution >= 0.6 is 0 Å². The van der Waals surface area contributed by atoms with Gasteiger partial charge in [-0.3, -0.25) is 0 Å². The zero-order valence-electron chi connectivity index (χ0n) is 56.1. The number of rotatable bonds is 22. The van der Waals surface area contributed by atoms with Gasteiger partial charge in [0.1, 0.15) is 0 Å². The topological polar surface area (TPSA) is 13.0 Å². The van der Waals surface area contributed by atoms with Gasteiger partial charge in [0.15, 0.2) is 0 Å². The van der Waals surface area contributed by atoms with E-state index in [2.05, 4.69) is 411 Å². The first-order chi connectivity index (χ1) is 47.8. The van der Waals surface area contributed by atoms with Crippen LogP contribution in [0.1, 0.15) is 64.5 Å². The molecule has 0 aromatic heterocycles. The van der Waals surface area contributed by atoms with Gasteiger partial charge in [0.25, 0.3) is 0 Å². The summed E-state index contributed by atoms with van der Waals surface area (Å²) in [5.74, 6) is 0.572. The van der Waals surface area contributed by atoms with E-state index >= 15 is 0 Å². The van der Waals surface area contributed by atoms with Gasteiger partial charge in [-0.2, -0.15) is 0 Å². The van der Waals surface area contributed by atoms with Crippen LogP contribution in [0.2, 0.25) is 0 Å². The van der Waals surface area contributed by atoms with Gasteiger partial charge < -0.3 is 19.6 Å². The van der Waals surface area contributed by atoms with Crippen molar-refractivity contribution in [3.05, 3.63) is 404 Å². The zero-order chi connectivity index (χ0) is 66.1. The molecule has 13 rings (SSSR count). The molecule has 0 N–H and O–H groups in total. The van der Waals surface area contributed by atoms with Crippen LogP contribution in [0, 0.1) is 5.92 Å². The van der Waals surface area contributed by atoms with Crippen LogP contribution in [0.25, 0.3) is 39.0 Å². The smallest absolute Gasteiger partial charge is 0.0560 e. The van der Waals surface area contributed by atoms with Crippen LogP contribution in [0.3, 0.4) is 0 Å². The van der Waals surface area contributed by atoms with Crippen molar-refractivity contribution in [2.75, 3.05) is 19.6 Å². The Morgan fingerprint density at radius 2 is 0.918 bits per heavy atom. The van der Waals surface area contributed by atoms with Crippen LogP contribution < -0.4 is 19.6 Å². The van der Waals surface area contributed by atoms with Crippen LogP contribution in [0.15, 0.2) is 392 Å². The first kappa shape index (κ1) is 64.3. The van der Waals surface area contributed by atoms with E-state index in [0.717, 1.165) is 83.2 Å². The molecule has 3 aliphatic rings. The molecule has 10 aromatic carbocycles. The molecule has 476 valence electrons. The Bertz CT molecular complexity index is 4620. The molecule has 0 saturated heterocycles. The Morgan fingerprint density at radius 3 is 1.40 bits per heavy atom. The Hall–Kier alpha value is -11.5. The molecule has 0 bridgehead atoms. The van der Waals surface area contributed by atoms with Gasteiger partial charge in [-0.1, -0.05) is 250 Å². The summed E-state index contributed by atoms with van der Waals surface area (Å²) in [5, 5.41) is 0. The summed E-state index contributed by atoms with van der Waals surface area (Å²) in [6.45, 7) is 8.74. The van der Waals surface area contributed by atoms with Gasteiger partial charge in [0, 0.05) is 62.6 Å². The Balaban J connectivity index is 0.678. The first-order valence-electron chi connectivity index (χ1n) is 34.3. The largest absolute Gasteiger partial charge is 0.335 e. The number of benzene rings is 10. The second kappa shape index (κ2) is 31.2. The lowest BCUT2D eigenvalue weighted by Crippen LogP contribution is -2.33. The quantitative estimate of drug-likeness (QED) is 0.0627. The molecule has 2 unspecified atom stereocenters. The Morgan fingerprint density at radius 1 is 0.443 bits per heavy atom. The summed E-state index contributed by atoms with van der Waals surface area (Å²) in [5.41, 5.74) is 25.9. The van der Waals surface area contributed by atoms with E-state index in [1.807, 2.05) is 0 Å². The van der Waals surface area contributed by atoms with Gasteiger partial charge in [-0.15, -0.1) is 0 Å². The standard InChI is InChI=1S/C93H84N4/c1-5-24-83(95(85-32-16-9-17-33-85)91-61-48-77(49-62-91)74-27-12-7-13-28-74)56-39-71(4)73-46-59-90(60-47-73)97(87-36-20-11-21-37-87)93-65-52-79(53-66-93)76-44-42-75(43-45-76)78-50-63-92(64-51-78)96(86-34-18-10-19-35-86)88-57-40-72(41-58-88)26-23-38-82(6-2)94(84-30-14-8-15-31-84)89-67-54-80(55-68-89)81-29-22-25-70(3)69-81/h5-16,18-24,27-32,34-67,69-70,89H,17,25-26,33,68H2,1-4H3/b24-5-,38-23-,71-39+,82-6+,83-56+. The summed E-state index contributed by atoms with van der Waals surface area (Å²) in [4.78, 5) is 9.56.